The Morgan fingerprint density at radius 2 is 1.65 bits per heavy atom. The third kappa shape index (κ3) is 5.79. The number of rotatable bonds is 8. The molecular formula is C26H23ClFN3O2S. The van der Waals surface area contributed by atoms with Gasteiger partial charge in [0.15, 0.2) is 5.11 Å². The lowest BCUT2D eigenvalue weighted by atomic mass is 10.1. The van der Waals surface area contributed by atoms with E-state index >= 15 is 0 Å². The van der Waals surface area contributed by atoms with Crippen LogP contribution in [0.25, 0.3) is 0 Å². The topological polar surface area (TPSA) is 52.7 Å². The van der Waals surface area contributed by atoms with E-state index in [1.165, 1.54) is 12.1 Å². The second-order valence-electron chi connectivity index (χ2n) is 8.04. The quantitative estimate of drug-likeness (QED) is 0.444. The van der Waals surface area contributed by atoms with E-state index in [2.05, 4.69) is 5.32 Å². The number of halogens is 2. The predicted octanol–water partition coefficient (Wildman–Crippen LogP) is 5.05. The number of hydrogen-bond donors (Lipinski definition) is 1. The van der Waals surface area contributed by atoms with Gasteiger partial charge in [-0.25, -0.2) is 4.39 Å². The number of thiocarbonyl (C=S) groups is 1. The minimum Gasteiger partial charge on any atom is -0.332 e. The van der Waals surface area contributed by atoms with Gasteiger partial charge in [-0.1, -0.05) is 54.1 Å². The second-order valence-corrected chi connectivity index (χ2v) is 8.84. The van der Waals surface area contributed by atoms with Crippen molar-refractivity contribution in [3.05, 3.63) is 101 Å². The smallest absolute Gasteiger partial charge is 0.252 e. The summed E-state index contributed by atoms with van der Waals surface area (Å²) >= 11 is 11.6. The van der Waals surface area contributed by atoms with E-state index in [4.69, 9.17) is 23.8 Å². The Labute approximate surface area is 208 Å². The summed E-state index contributed by atoms with van der Waals surface area (Å²) in [5, 5.41) is 3.74. The van der Waals surface area contributed by atoms with Crippen LogP contribution in [-0.2, 0) is 22.6 Å². The van der Waals surface area contributed by atoms with Crippen molar-refractivity contribution in [3.63, 3.8) is 0 Å². The Balaban J connectivity index is 1.51. The van der Waals surface area contributed by atoms with Gasteiger partial charge >= 0.3 is 0 Å². The van der Waals surface area contributed by atoms with E-state index in [0.29, 0.717) is 35.3 Å². The van der Waals surface area contributed by atoms with Crippen LogP contribution in [0, 0.1) is 5.82 Å². The van der Waals surface area contributed by atoms with Gasteiger partial charge in [-0.3, -0.25) is 14.5 Å². The first-order valence-corrected chi connectivity index (χ1v) is 11.6. The molecule has 1 saturated heterocycles. The fourth-order valence-electron chi connectivity index (χ4n) is 3.87. The molecule has 4 rings (SSSR count). The molecule has 0 radical (unpaired) electrons. The van der Waals surface area contributed by atoms with Crippen molar-refractivity contribution in [1.82, 2.24) is 9.80 Å². The SMILES string of the molecule is O=C(C[C@@H]1C(=O)N(CCc2ccccc2)C(=S)N1Cc1ccc(F)cc1)Nc1ccc(Cl)cc1. The van der Waals surface area contributed by atoms with Crippen LogP contribution < -0.4 is 5.32 Å². The molecule has 0 unspecified atom stereocenters. The molecule has 5 nitrogen and oxygen atoms in total. The zero-order chi connectivity index (χ0) is 24.1. The summed E-state index contributed by atoms with van der Waals surface area (Å²) in [5.74, 6) is -0.862. The minimum atomic E-state index is -0.749. The summed E-state index contributed by atoms with van der Waals surface area (Å²) in [5.41, 5.74) is 2.48. The number of anilines is 1. The highest BCUT2D eigenvalue weighted by Gasteiger charge is 2.43. The normalized spacial score (nSPS) is 15.6. The Hall–Kier alpha value is -3.29. The molecule has 174 valence electrons. The lowest BCUT2D eigenvalue weighted by Crippen LogP contribution is -2.37. The largest absolute Gasteiger partial charge is 0.332 e. The Morgan fingerprint density at radius 3 is 2.32 bits per heavy atom. The number of benzene rings is 3. The molecule has 0 spiro atoms. The molecule has 8 heteroatoms. The van der Waals surface area contributed by atoms with Crippen molar-refractivity contribution in [2.75, 3.05) is 11.9 Å². The van der Waals surface area contributed by atoms with Gasteiger partial charge in [0.2, 0.25) is 5.91 Å². The molecular weight excluding hydrogens is 473 g/mol. The molecule has 0 saturated carbocycles. The third-order valence-corrected chi connectivity index (χ3v) is 6.35. The van der Waals surface area contributed by atoms with Crippen molar-refractivity contribution in [2.24, 2.45) is 0 Å². The molecule has 3 aromatic carbocycles. The summed E-state index contributed by atoms with van der Waals surface area (Å²) in [6, 6.07) is 21.9. The van der Waals surface area contributed by atoms with Crippen molar-refractivity contribution in [2.45, 2.75) is 25.4 Å². The first kappa shape index (κ1) is 23.9. The minimum absolute atomic E-state index is 0.0648. The number of amides is 2. The molecule has 0 bridgehead atoms. The number of nitrogens with one attached hydrogen (secondary N) is 1. The summed E-state index contributed by atoms with van der Waals surface area (Å²) < 4.78 is 13.4. The van der Waals surface area contributed by atoms with Crippen LogP contribution in [0.2, 0.25) is 5.02 Å². The maximum absolute atomic E-state index is 13.4. The molecule has 2 amide bonds. The van der Waals surface area contributed by atoms with Gasteiger partial charge in [0, 0.05) is 23.8 Å². The average molecular weight is 496 g/mol. The summed E-state index contributed by atoms with van der Waals surface area (Å²) in [4.78, 5) is 29.5. The summed E-state index contributed by atoms with van der Waals surface area (Å²) in [6.07, 6.45) is 0.575. The lowest BCUT2D eigenvalue weighted by molar-refractivity contribution is -0.130. The zero-order valence-electron chi connectivity index (χ0n) is 18.3. The summed E-state index contributed by atoms with van der Waals surface area (Å²) in [7, 11) is 0. The number of carbonyl (C=O) groups excluding carboxylic acids is 2. The van der Waals surface area contributed by atoms with Gasteiger partial charge < -0.3 is 10.2 Å². The fraction of sp³-hybridized carbons (Fsp3) is 0.192. The van der Waals surface area contributed by atoms with Crippen LogP contribution in [0.5, 0.6) is 0 Å². The lowest BCUT2D eigenvalue weighted by Gasteiger charge is -2.24. The summed E-state index contributed by atoms with van der Waals surface area (Å²) in [6.45, 7) is 0.711. The van der Waals surface area contributed by atoms with E-state index in [1.54, 1.807) is 46.2 Å². The predicted molar refractivity (Wildman–Crippen MR) is 135 cm³/mol. The molecule has 1 atom stereocenters. The van der Waals surface area contributed by atoms with E-state index < -0.39 is 6.04 Å². The average Bonchev–Trinajstić information content (AvgIpc) is 3.05. The van der Waals surface area contributed by atoms with Crippen LogP contribution in [-0.4, -0.2) is 39.3 Å². The molecule has 0 aromatic heterocycles. The van der Waals surface area contributed by atoms with Crippen molar-refractivity contribution in [1.29, 1.82) is 0 Å². The first-order chi connectivity index (χ1) is 16.4. The van der Waals surface area contributed by atoms with E-state index in [-0.39, 0.29) is 24.1 Å². The molecule has 34 heavy (non-hydrogen) atoms. The number of hydrogen-bond acceptors (Lipinski definition) is 3. The van der Waals surface area contributed by atoms with E-state index in [9.17, 15) is 14.0 Å². The van der Waals surface area contributed by atoms with Crippen molar-refractivity contribution < 1.29 is 14.0 Å². The maximum Gasteiger partial charge on any atom is 0.252 e. The van der Waals surface area contributed by atoms with Gasteiger partial charge in [-0.2, -0.15) is 0 Å². The van der Waals surface area contributed by atoms with Crippen molar-refractivity contribution >= 4 is 46.4 Å². The van der Waals surface area contributed by atoms with E-state index in [1.807, 2.05) is 30.3 Å². The van der Waals surface area contributed by atoms with Gasteiger partial charge in [0.05, 0.1) is 6.42 Å². The van der Waals surface area contributed by atoms with Gasteiger partial charge in [0.1, 0.15) is 11.9 Å². The van der Waals surface area contributed by atoms with Crippen LogP contribution in [0.4, 0.5) is 10.1 Å². The van der Waals surface area contributed by atoms with Crippen LogP contribution >= 0.6 is 23.8 Å². The molecule has 1 heterocycles. The molecule has 1 N–H and O–H groups in total. The third-order valence-electron chi connectivity index (χ3n) is 5.64. The Morgan fingerprint density at radius 1 is 0.971 bits per heavy atom. The molecule has 1 aliphatic rings. The molecule has 1 aliphatic heterocycles. The molecule has 1 fully saturated rings. The molecule has 3 aromatic rings. The number of carbonyl (C=O) groups is 2. The standard InChI is InChI=1S/C26H23ClFN3O2S/c27-20-8-12-22(13-9-20)29-24(32)16-23-25(33)30(15-14-18-4-2-1-3-5-18)26(34)31(23)17-19-6-10-21(28)11-7-19/h1-13,23H,14-17H2,(H,29,32)/t23-/m1/s1. The number of nitrogens with zero attached hydrogens (tertiary/aromatic N) is 2. The highest BCUT2D eigenvalue weighted by Crippen LogP contribution is 2.25. The van der Waals surface area contributed by atoms with Crippen LogP contribution in [0.15, 0.2) is 78.9 Å². The van der Waals surface area contributed by atoms with Gasteiger partial charge in [0.25, 0.3) is 5.91 Å². The van der Waals surface area contributed by atoms with Crippen LogP contribution in [0.1, 0.15) is 17.5 Å². The maximum atomic E-state index is 13.4. The zero-order valence-corrected chi connectivity index (χ0v) is 19.9. The van der Waals surface area contributed by atoms with Gasteiger partial charge in [-0.05, 0) is 66.2 Å². The first-order valence-electron chi connectivity index (χ1n) is 10.9. The fourth-order valence-corrected chi connectivity index (χ4v) is 4.37. The van der Waals surface area contributed by atoms with Crippen LogP contribution in [0.3, 0.4) is 0 Å². The van der Waals surface area contributed by atoms with E-state index in [0.717, 1.165) is 11.1 Å². The highest BCUT2D eigenvalue weighted by molar-refractivity contribution is 7.80. The van der Waals surface area contributed by atoms with Crippen molar-refractivity contribution in [3.8, 4) is 0 Å². The highest BCUT2D eigenvalue weighted by atomic mass is 35.5. The Bertz CT molecular complexity index is 1170. The van der Waals surface area contributed by atoms with Gasteiger partial charge in [-0.15, -0.1) is 0 Å². The Kier molecular flexibility index (Phi) is 7.55. The monoisotopic (exact) mass is 495 g/mol. The molecule has 0 aliphatic carbocycles. The second kappa shape index (κ2) is 10.8.